The molecule has 5 rings (SSSR count). The van der Waals surface area contributed by atoms with Gasteiger partial charge >= 0.3 is 6.36 Å². The van der Waals surface area contributed by atoms with Gasteiger partial charge in [0.15, 0.2) is 5.82 Å². The zero-order valence-corrected chi connectivity index (χ0v) is 25.9. The number of carbonyl (C=O) groups is 1. The number of hydrogen-bond acceptors (Lipinski definition) is 5. The number of ether oxygens (including phenoxy) is 1. The van der Waals surface area contributed by atoms with Crippen LogP contribution in [0.1, 0.15) is 61.3 Å². The van der Waals surface area contributed by atoms with Crippen LogP contribution >= 0.6 is 11.8 Å². The molecule has 6 nitrogen and oxygen atoms in total. The molecule has 0 saturated heterocycles. The molecule has 0 aliphatic carbocycles. The summed E-state index contributed by atoms with van der Waals surface area (Å²) in [5.41, 5.74) is 7.26. The van der Waals surface area contributed by atoms with Crippen molar-refractivity contribution in [2.45, 2.75) is 59.2 Å². The van der Waals surface area contributed by atoms with Gasteiger partial charge in [-0.25, -0.2) is 14.7 Å². The number of rotatable bonds is 8. The molecule has 0 spiro atoms. The lowest BCUT2D eigenvalue weighted by Crippen LogP contribution is -2.17. The summed E-state index contributed by atoms with van der Waals surface area (Å²) in [6, 6.07) is 19.6. The highest BCUT2D eigenvalue weighted by molar-refractivity contribution is 8.17. The van der Waals surface area contributed by atoms with Gasteiger partial charge in [0.05, 0.1) is 16.6 Å². The minimum Gasteiger partial charge on any atom is -0.406 e. The van der Waals surface area contributed by atoms with Gasteiger partial charge in [-0.05, 0) is 84.5 Å². The SMILES string of the molecule is CC1=CSC(=NC(=O)CC(C)C(C)c2ccc(-c3ncn(-c4ccc(OC(F)(F)F)cc4)n3)cc2)C1c1c(C)cccc1C. The Hall–Kier alpha value is -4.18. The van der Waals surface area contributed by atoms with Crippen molar-refractivity contribution >= 4 is 22.7 Å². The Morgan fingerprint density at radius 2 is 1.66 bits per heavy atom. The zero-order valence-electron chi connectivity index (χ0n) is 25.1. The Kier molecular flexibility index (Phi) is 9.10. The van der Waals surface area contributed by atoms with Crippen molar-refractivity contribution in [2.75, 3.05) is 0 Å². The number of amides is 1. The normalized spacial score (nSPS) is 17.4. The summed E-state index contributed by atoms with van der Waals surface area (Å²) in [6.07, 6.45) is -2.90. The number of hydrogen-bond donors (Lipinski definition) is 0. The quantitative estimate of drug-likeness (QED) is 0.197. The lowest BCUT2D eigenvalue weighted by Gasteiger charge is -2.20. The number of thioether (sulfide) groups is 1. The third kappa shape index (κ3) is 7.13. The second kappa shape index (κ2) is 12.8. The molecule has 0 saturated carbocycles. The van der Waals surface area contributed by atoms with Crippen molar-refractivity contribution in [1.29, 1.82) is 0 Å². The number of allylic oxidation sites excluding steroid dienone is 1. The molecule has 0 bridgehead atoms. The minimum absolute atomic E-state index is 0.0188. The maximum absolute atomic E-state index is 13.1. The highest BCUT2D eigenvalue weighted by atomic mass is 32.2. The molecule has 1 aliphatic heterocycles. The molecule has 3 aromatic carbocycles. The van der Waals surface area contributed by atoms with Crippen LogP contribution in [0.15, 0.2) is 89.0 Å². The summed E-state index contributed by atoms with van der Waals surface area (Å²) in [6.45, 7) is 10.5. The van der Waals surface area contributed by atoms with E-state index in [0.29, 0.717) is 17.9 Å². The van der Waals surface area contributed by atoms with E-state index in [0.717, 1.165) is 16.2 Å². The monoisotopic (exact) mass is 618 g/mol. The Morgan fingerprint density at radius 3 is 2.30 bits per heavy atom. The molecule has 10 heteroatoms. The van der Waals surface area contributed by atoms with Crippen molar-refractivity contribution in [3.8, 4) is 22.8 Å². The number of alkyl halides is 3. The largest absolute Gasteiger partial charge is 0.573 e. The average Bonchev–Trinajstić information content (AvgIpc) is 3.60. The fourth-order valence-electron chi connectivity index (χ4n) is 5.41. The summed E-state index contributed by atoms with van der Waals surface area (Å²) in [5, 5.41) is 7.41. The van der Waals surface area contributed by atoms with E-state index in [4.69, 9.17) is 0 Å². The lowest BCUT2D eigenvalue weighted by molar-refractivity contribution is -0.274. The third-order valence-corrected chi connectivity index (χ3v) is 9.06. The average molecular weight is 619 g/mol. The van der Waals surface area contributed by atoms with E-state index in [2.05, 4.69) is 78.0 Å². The van der Waals surface area contributed by atoms with Crippen LogP contribution in [0.4, 0.5) is 13.2 Å². The van der Waals surface area contributed by atoms with Gasteiger partial charge in [-0.15, -0.1) is 18.3 Å². The molecule has 3 unspecified atom stereocenters. The molecule has 2 heterocycles. The number of nitrogens with zero attached hydrogens (tertiary/aromatic N) is 4. The predicted octanol–water partition coefficient (Wildman–Crippen LogP) is 8.94. The first-order chi connectivity index (χ1) is 20.9. The molecule has 3 atom stereocenters. The van der Waals surface area contributed by atoms with Crippen molar-refractivity contribution in [1.82, 2.24) is 14.8 Å². The van der Waals surface area contributed by atoms with Crippen LogP contribution in [0.2, 0.25) is 0 Å². The molecular formula is C34H33F3N4O2S. The van der Waals surface area contributed by atoms with Gasteiger partial charge in [-0.1, -0.05) is 73.6 Å². The van der Waals surface area contributed by atoms with E-state index >= 15 is 0 Å². The molecule has 1 aliphatic rings. The summed E-state index contributed by atoms with van der Waals surface area (Å²) in [4.78, 5) is 22.1. The molecule has 0 radical (unpaired) electrons. The fraction of sp³-hybridized carbons (Fsp3) is 0.294. The van der Waals surface area contributed by atoms with Crippen LogP contribution in [-0.2, 0) is 4.79 Å². The second-order valence-corrected chi connectivity index (χ2v) is 12.1. The Bertz CT molecular complexity index is 1690. The third-order valence-electron chi connectivity index (χ3n) is 8.01. The van der Waals surface area contributed by atoms with E-state index in [9.17, 15) is 18.0 Å². The van der Waals surface area contributed by atoms with Gasteiger partial charge in [0.25, 0.3) is 0 Å². The molecule has 1 aromatic heterocycles. The molecule has 44 heavy (non-hydrogen) atoms. The van der Waals surface area contributed by atoms with Crippen molar-refractivity contribution < 1.29 is 22.7 Å². The highest BCUT2D eigenvalue weighted by Crippen LogP contribution is 2.41. The summed E-state index contributed by atoms with van der Waals surface area (Å²) < 4.78 is 42.7. The smallest absolute Gasteiger partial charge is 0.406 e. The van der Waals surface area contributed by atoms with Crippen molar-refractivity contribution in [3.63, 3.8) is 0 Å². The number of benzene rings is 3. The summed E-state index contributed by atoms with van der Waals surface area (Å²) >= 11 is 1.54. The number of halogens is 3. The van der Waals surface area contributed by atoms with E-state index in [1.165, 1.54) is 57.5 Å². The standard InChI is InChI=1S/C34H33F3N4O2S/c1-20-7-6-8-21(2)30(20)31-23(4)18-44-33(31)39-29(42)17-22(3)24(5)25-9-11-26(12-10-25)32-38-19-41(40-32)27-13-15-28(16-14-27)43-34(35,36)37/h6-16,18-19,22,24,31H,17H2,1-5H3. The second-order valence-electron chi connectivity index (χ2n) is 11.2. The number of aryl methyl sites for hydroxylation is 2. The Balaban J connectivity index is 1.23. The molecule has 228 valence electrons. The molecule has 0 fully saturated rings. The first-order valence-corrected chi connectivity index (χ1v) is 15.2. The van der Waals surface area contributed by atoms with E-state index < -0.39 is 6.36 Å². The van der Waals surface area contributed by atoms with E-state index in [1.807, 2.05) is 24.3 Å². The summed E-state index contributed by atoms with van der Waals surface area (Å²) in [5.74, 6) is 0.261. The zero-order chi connectivity index (χ0) is 31.6. The Morgan fingerprint density at radius 1 is 1.00 bits per heavy atom. The van der Waals surface area contributed by atoms with Crippen LogP contribution in [0.5, 0.6) is 5.75 Å². The van der Waals surface area contributed by atoms with Gasteiger partial charge in [0.1, 0.15) is 12.1 Å². The first-order valence-electron chi connectivity index (χ1n) is 14.3. The van der Waals surface area contributed by atoms with Gasteiger partial charge < -0.3 is 4.74 Å². The molecule has 0 N–H and O–H groups in total. The van der Waals surface area contributed by atoms with Gasteiger partial charge in [-0.3, -0.25) is 4.79 Å². The lowest BCUT2D eigenvalue weighted by atomic mass is 9.86. The van der Waals surface area contributed by atoms with Gasteiger partial charge in [-0.2, -0.15) is 0 Å². The number of aromatic nitrogens is 3. The fourth-order valence-corrected chi connectivity index (χ4v) is 6.45. The topological polar surface area (TPSA) is 69.4 Å². The van der Waals surface area contributed by atoms with Crippen LogP contribution in [-0.4, -0.2) is 32.1 Å². The van der Waals surface area contributed by atoms with Crippen molar-refractivity contribution in [2.24, 2.45) is 10.9 Å². The van der Waals surface area contributed by atoms with Gasteiger partial charge in [0, 0.05) is 12.0 Å². The highest BCUT2D eigenvalue weighted by Gasteiger charge is 2.31. The van der Waals surface area contributed by atoms with E-state index in [1.54, 1.807) is 11.8 Å². The maximum Gasteiger partial charge on any atom is 0.573 e. The summed E-state index contributed by atoms with van der Waals surface area (Å²) in [7, 11) is 0. The number of aliphatic imine (C=N–C) groups is 1. The molecule has 1 amide bonds. The van der Waals surface area contributed by atoms with E-state index in [-0.39, 0.29) is 29.4 Å². The minimum atomic E-state index is -4.75. The number of carbonyl (C=O) groups excluding carboxylic acids is 1. The molecule has 4 aromatic rings. The van der Waals surface area contributed by atoms with Crippen LogP contribution < -0.4 is 4.74 Å². The van der Waals surface area contributed by atoms with Crippen LogP contribution in [0.25, 0.3) is 17.1 Å². The van der Waals surface area contributed by atoms with Crippen LogP contribution in [0.3, 0.4) is 0 Å². The van der Waals surface area contributed by atoms with Gasteiger partial charge in [0.2, 0.25) is 5.91 Å². The van der Waals surface area contributed by atoms with Crippen LogP contribution in [0, 0.1) is 19.8 Å². The van der Waals surface area contributed by atoms with Crippen molar-refractivity contribution in [3.05, 3.63) is 106 Å². The Labute approximate surface area is 259 Å². The maximum atomic E-state index is 13.1. The predicted molar refractivity (Wildman–Crippen MR) is 168 cm³/mol. The first kappa shape index (κ1) is 31.3. The molecular weight excluding hydrogens is 585 g/mol.